The van der Waals surface area contributed by atoms with Crippen LogP contribution in [0.25, 0.3) is 0 Å². The van der Waals surface area contributed by atoms with Gasteiger partial charge in [-0.05, 0) is 32.0 Å². The number of hydrogen-bond acceptors (Lipinski definition) is 2. The number of rotatable bonds is 5. The van der Waals surface area contributed by atoms with E-state index in [4.69, 9.17) is 11.6 Å². The van der Waals surface area contributed by atoms with E-state index in [0.29, 0.717) is 23.7 Å². The highest BCUT2D eigenvalue weighted by atomic mass is 35.5. The fourth-order valence-electron chi connectivity index (χ4n) is 1.37. The summed E-state index contributed by atoms with van der Waals surface area (Å²) >= 11 is 5.70. The molecule has 1 aromatic carbocycles. The average molecular weight is 259 g/mol. The number of anilines is 1. The molecule has 0 spiro atoms. The van der Waals surface area contributed by atoms with Gasteiger partial charge in [0.25, 0.3) is 0 Å². The van der Waals surface area contributed by atoms with Crippen LogP contribution in [0.3, 0.4) is 0 Å². The van der Waals surface area contributed by atoms with E-state index in [1.54, 1.807) is 6.07 Å². The van der Waals surface area contributed by atoms with E-state index in [2.05, 4.69) is 10.6 Å². The molecule has 0 aromatic heterocycles. The molecule has 0 bridgehead atoms. The quantitative estimate of drug-likeness (QED) is 0.853. The van der Waals surface area contributed by atoms with Gasteiger partial charge in [-0.1, -0.05) is 11.6 Å². The Morgan fingerprint density at radius 1 is 1.41 bits per heavy atom. The van der Waals surface area contributed by atoms with Gasteiger partial charge in [0.15, 0.2) is 0 Å². The lowest BCUT2D eigenvalue weighted by atomic mass is 10.3. The van der Waals surface area contributed by atoms with Crippen molar-refractivity contribution in [1.82, 2.24) is 5.32 Å². The molecule has 0 unspecified atom stereocenters. The second-order valence-electron chi connectivity index (χ2n) is 4.06. The Bertz CT molecular complexity index is 376. The monoisotopic (exact) mass is 258 g/mol. The van der Waals surface area contributed by atoms with Crippen LogP contribution in [-0.2, 0) is 4.79 Å². The van der Waals surface area contributed by atoms with E-state index in [1.165, 1.54) is 12.1 Å². The lowest BCUT2D eigenvalue weighted by Crippen LogP contribution is -2.31. The maximum Gasteiger partial charge on any atom is 0.221 e. The van der Waals surface area contributed by atoms with Crippen LogP contribution in [-0.4, -0.2) is 18.5 Å². The molecule has 3 nitrogen and oxygen atoms in total. The minimum Gasteiger partial charge on any atom is -0.384 e. The zero-order chi connectivity index (χ0) is 12.8. The smallest absolute Gasteiger partial charge is 0.221 e. The maximum absolute atomic E-state index is 13.0. The van der Waals surface area contributed by atoms with E-state index in [9.17, 15) is 9.18 Å². The summed E-state index contributed by atoms with van der Waals surface area (Å²) in [6.07, 6.45) is 0.340. The van der Waals surface area contributed by atoms with Gasteiger partial charge in [0, 0.05) is 29.7 Å². The second kappa shape index (κ2) is 6.45. The maximum atomic E-state index is 13.0. The largest absolute Gasteiger partial charge is 0.384 e. The van der Waals surface area contributed by atoms with Gasteiger partial charge < -0.3 is 10.6 Å². The summed E-state index contributed by atoms with van der Waals surface area (Å²) in [5.74, 6) is -0.429. The summed E-state index contributed by atoms with van der Waals surface area (Å²) in [6, 6.07) is 4.32. The number of halogens is 2. The van der Waals surface area contributed by atoms with Crippen LogP contribution in [0.1, 0.15) is 20.3 Å². The SMILES string of the molecule is CC(C)NC(=O)CCNc1cc(F)cc(Cl)c1. The van der Waals surface area contributed by atoms with Crippen LogP contribution in [0, 0.1) is 5.82 Å². The molecule has 0 saturated heterocycles. The normalized spacial score (nSPS) is 10.4. The molecule has 0 radical (unpaired) electrons. The van der Waals surface area contributed by atoms with Crippen LogP contribution in [0.2, 0.25) is 5.02 Å². The molecule has 0 aliphatic heterocycles. The standard InChI is InChI=1S/C12H16ClFN2O/c1-8(2)16-12(17)3-4-15-11-6-9(13)5-10(14)7-11/h5-8,15H,3-4H2,1-2H3,(H,16,17). The van der Waals surface area contributed by atoms with Crippen LogP contribution in [0.4, 0.5) is 10.1 Å². The third-order valence-electron chi connectivity index (χ3n) is 1.99. The van der Waals surface area contributed by atoms with E-state index < -0.39 is 5.82 Å². The van der Waals surface area contributed by atoms with E-state index in [1.807, 2.05) is 13.8 Å². The van der Waals surface area contributed by atoms with Crippen LogP contribution < -0.4 is 10.6 Å². The first kappa shape index (κ1) is 13.8. The molecular weight excluding hydrogens is 243 g/mol. The number of nitrogens with one attached hydrogen (secondary N) is 2. The van der Waals surface area contributed by atoms with Crippen molar-refractivity contribution in [2.45, 2.75) is 26.3 Å². The lowest BCUT2D eigenvalue weighted by molar-refractivity contribution is -0.121. The van der Waals surface area contributed by atoms with Crippen LogP contribution in [0.5, 0.6) is 0 Å². The predicted octanol–water partition coefficient (Wildman–Crippen LogP) is 2.81. The van der Waals surface area contributed by atoms with Crippen molar-refractivity contribution in [1.29, 1.82) is 0 Å². The third-order valence-corrected chi connectivity index (χ3v) is 2.21. The van der Waals surface area contributed by atoms with E-state index >= 15 is 0 Å². The molecule has 1 rings (SSSR count). The van der Waals surface area contributed by atoms with E-state index in [-0.39, 0.29) is 11.9 Å². The zero-order valence-electron chi connectivity index (χ0n) is 9.89. The molecule has 0 fully saturated rings. The summed E-state index contributed by atoms with van der Waals surface area (Å²) in [6.45, 7) is 4.24. The Labute approximate surface area is 105 Å². The topological polar surface area (TPSA) is 41.1 Å². The number of carbonyl (C=O) groups excluding carboxylic acids is 1. The molecular formula is C12H16ClFN2O. The fraction of sp³-hybridized carbons (Fsp3) is 0.417. The molecule has 0 aliphatic rings. The Hall–Kier alpha value is -1.29. The number of hydrogen-bond donors (Lipinski definition) is 2. The lowest BCUT2D eigenvalue weighted by Gasteiger charge is -2.09. The number of benzene rings is 1. The first-order valence-corrected chi connectivity index (χ1v) is 5.84. The number of carbonyl (C=O) groups is 1. The first-order valence-electron chi connectivity index (χ1n) is 5.46. The fourth-order valence-corrected chi connectivity index (χ4v) is 1.59. The Balaban J connectivity index is 2.38. The summed E-state index contributed by atoms with van der Waals surface area (Å²) < 4.78 is 13.0. The summed E-state index contributed by atoms with van der Waals surface area (Å²) in [4.78, 5) is 11.3. The van der Waals surface area contributed by atoms with Crippen molar-refractivity contribution in [2.75, 3.05) is 11.9 Å². The summed E-state index contributed by atoms with van der Waals surface area (Å²) in [5.41, 5.74) is 0.576. The van der Waals surface area contributed by atoms with Gasteiger partial charge in [-0.3, -0.25) is 4.79 Å². The molecule has 0 atom stereocenters. The number of amides is 1. The summed E-state index contributed by atoms with van der Waals surface area (Å²) in [5, 5.41) is 6.05. The minimum atomic E-state index is -0.397. The third kappa shape index (κ3) is 5.54. The van der Waals surface area contributed by atoms with Gasteiger partial charge in [0.2, 0.25) is 5.91 Å². The molecule has 0 heterocycles. The van der Waals surface area contributed by atoms with Gasteiger partial charge in [0.05, 0.1) is 0 Å². The Kier molecular flexibility index (Phi) is 5.22. The zero-order valence-corrected chi connectivity index (χ0v) is 10.6. The van der Waals surface area contributed by atoms with Crippen molar-refractivity contribution >= 4 is 23.2 Å². The predicted molar refractivity (Wildman–Crippen MR) is 67.8 cm³/mol. The Morgan fingerprint density at radius 2 is 2.12 bits per heavy atom. The highest BCUT2D eigenvalue weighted by Gasteiger charge is 2.03. The highest BCUT2D eigenvalue weighted by Crippen LogP contribution is 2.17. The van der Waals surface area contributed by atoms with Crippen LogP contribution in [0.15, 0.2) is 18.2 Å². The molecule has 2 N–H and O–H groups in total. The molecule has 94 valence electrons. The van der Waals surface area contributed by atoms with Crippen molar-refractivity contribution in [3.8, 4) is 0 Å². The van der Waals surface area contributed by atoms with Crippen molar-refractivity contribution in [2.24, 2.45) is 0 Å². The van der Waals surface area contributed by atoms with Gasteiger partial charge in [0.1, 0.15) is 5.82 Å². The van der Waals surface area contributed by atoms with Crippen molar-refractivity contribution < 1.29 is 9.18 Å². The molecule has 1 amide bonds. The van der Waals surface area contributed by atoms with Crippen molar-refractivity contribution in [3.05, 3.63) is 29.0 Å². The summed E-state index contributed by atoms with van der Waals surface area (Å²) in [7, 11) is 0. The molecule has 1 aromatic rings. The minimum absolute atomic E-state index is 0.0324. The second-order valence-corrected chi connectivity index (χ2v) is 4.49. The first-order chi connectivity index (χ1) is 7.97. The van der Waals surface area contributed by atoms with Gasteiger partial charge in [-0.25, -0.2) is 4.39 Å². The van der Waals surface area contributed by atoms with Crippen molar-refractivity contribution in [3.63, 3.8) is 0 Å². The Morgan fingerprint density at radius 3 is 2.71 bits per heavy atom. The van der Waals surface area contributed by atoms with Gasteiger partial charge in [-0.15, -0.1) is 0 Å². The highest BCUT2D eigenvalue weighted by molar-refractivity contribution is 6.30. The molecule has 0 saturated carbocycles. The molecule has 0 aliphatic carbocycles. The molecule has 5 heteroatoms. The molecule has 17 heavy (non-hydrogen) atoms. The average Bonchev–Trinajstić information content (AvgIpc) is 2.14. The van der Waals surface area contributed by atoms with Crippen LogP contribution >= 0.6 is 11.6 Å². The van der Waals surface area contributed by atoms with E-state index in [0.717, 1.165) is 0 Å². The van der Waals surface area contributed by atoms with Gasteiger partial charge >= 0.3 is 0 Å². The van der Waals surface area contributed by atoms with Gasteiger partial charge in [-0.2, -0.15) is 0 Å².